The first-order chi connectivity index (χ1) is 11.3. The Morgan fingerprint density at radius 3 is 2.08 bits per heavy atom. The Balaban J connectivity index is 1.69. The molecule has 2 atom stereocenters. The predicted octanol–water partition coefficient (Wildman–Crippen LogP) is 5.09. The number of carbonyl (C=O) groups is 1. The van der Waals surface area contributed by atoms with E-state index in [1.54, 1.807) is 0 Å². The van der Waals surface area contributed by atoms with Crippen LogP contribution in [0.4, 0.5) is 0 Å². The minimum absolute atomic E-state index is 0.0760. The highest BCUT2D eigenvalue weighted by Gasteiger charge is 2.63. The molecule has 4 bridgehead atoms. The molecule has 1 N–H and O–H groups in total. The summed E-state index contributed by atoms with van der Waals surface area (Å²) in [6.07, 6.45) is 12.1. The van der Waals surface area contributed by atoms with Gasteiger partial charge in [-0.1, -0.05) is 33.3 Å². The van der Waals surface area contributed by atoms with E-state index in [1.807, 2.05) is 6.92 Å². The van der Waals surface area contributed by atoms with Crippen molar-refractivity contribution in [3.63, 3.8) is 0 Å². The first-order valence-electron chi connectivity index (χ1n) is 10.3. The van der Waals surface area contributed by atoms with Crippen LogP contribution in [0.3, 0.4) is 0 Å². The van der Waals surface area contributed by atoms with Crippen molar-refractivity contribution in [2.45, 2.75) is 84.1 Å². The van der Waals surface area contributed by atoms with Gasteiger partial charge in [-0.2, -0.15) is 0 Å². The lowest BCUT2D eigenvalue weighted by atomic mass is 9.41. The van der Waals surface area contributed by atoms with Crippen LogP contribution in [0.2, 0.25) is 0 Å². The van der Waals surface area contributed by atoms with Gasteiger partial charge in [0, 0.05) is 11.1 Å². The number of carbonyl (C=O) groups excluding carboxylic acids is 1. The van der Waals surface area contributed by atoms with Gasteiger partial charge < -0.3 is 5.32 Å². The van der Waals surface area contributed by atoms with E-state index in [0.29, 0.717) is 28.7 Å². The molecule has 0 aromatic heterocycles. The first-order valence-corrected chi connectivity index (χ1v) is 10.3. The summed E-state index contributed by atoms with van der Waals surface area (Å²) >= 11 is 0. The molecule has 2 nitrogen and oxygen atoms in total. The molecule has 5 fully saturated rings. The van der Waals surface area contributed by atoms with E-state index < -0.39 is 0 Å². The van der Waals surface area contributed by atoms with Gasteiger partial charge in [-0.25, -0.2) is 0 Å². The molecule has 5 aliphatic rings. The molecule has 0 aliphatic heterocycles. The Bertz CT molecular complexity index is 526. The molecule has 5 rings (SSSR count). The summed E-state index contributed by atoms with van der Waals surface area (Å²) in [7, 11) is 0. The largest absolute Gasteiger partial charge is 0.346 e. The Kier molecular flexibility index (Phi) is 3.89. The Morgan fingerprint density at radius 2 is 1.58 bits per heavy atom. The van der Waals surface area contributed by atoms with Gasteiger partial charge in [0.1, 0.15) is 0 Å². The van der Waals surface area contributed by atoms with Gasteiger partial charge >= 0.3 is 0 Å². The van der Waals surface area contributed by atoms with Gasteiger partial charge in [0.2, 0.25) is 5.91 Å². The minimum Gasteiger partial charge on any atom is -0.346 e. The lowest BCUT2D eigenvalue weighted by Gasteiger charge is -2.67. The van der Waals surface area contributed by atoms with Gasteiger partial charge in [0.05, 0.1) is 0 Å². The van der Waals surface area contributed by atoms with Crippen LogP contribution in [0.15, 0.2) is 12.2 Å². The third kappa shape index (κ3) is 2.47. The van der Waals surface area contributed by atoms with Crippen molar-refractivity contribution in [2.75, 3.05) is 0 Å². The van der Waals surface area contributed by atoms with Crippen LogP contribution in [0.25, 0.3) is 0 Å². The molecule has 5 saturated carbocycles. The average Bonchev–Trinajstić information content (AvgIpc) is 2.50. The standard InChI is InChI=1S/C22H35NO/c1-14(2)20(24)23-22(17-7-5-15(3)6-8-17)18-9-16-10-19(22)13-21(4,11-16)12-18/h15-19H,1,5-13H2,2-4H3,(H,23,24). The highest BCUT2D eigenvalue weighted by atomic mass is 16.1. The zero-order chi connectivity index (χ0) is 17.1. The summed E-state index contributed by atoms with van der Waals surface area (Å²) in [5.41, 5.74) is 1.31. The predicted molar refractivity (Wildman–Crippen MR) is 98.5 cm³/mol. The maximum Gasteiger partial charge on any atom is 0.246 e. The SMILES string of the molecule is C=C(C)C(=O)NC1(C2CCC(C)CC2)C2CC3CC1CC(C)(C3)C2. The number of hydrogen-bond donors (Lipinski definition) is 1. The molecule has 2 heteroatoms. The van der Waals surface area contributed by atoms with Gasteiger partial charge in [0.15, 0.2) is 0 Å². The van der Waals surface area contributed by atoms with Crippen LogP contribution in [-0.4, -0.2) is 11.4 Å². The second kappa shape index (κ2) is 5.61. The first kappa shape index (κ1) is 16.7. The molecular formula is C22H35NO. The van der Waals surface area contributed by atoms with E-state index in [4.69, 9.17) is 0 Å². The van der Waals surface area contributed by atoms with Crippen molar-refractivity contribution in [2.24, 2.45) is 35.0 Å². The Morgan fingerprint density at radius 1 is 1.00 bits per heavy atom. The topological polar surface area (TPSA) is 29.1 Å². The average molecular weight is 330 g/mol. The lowest BCUT2D eigenvalue weighted by Crippen LogP contribution is -2.71. The zero-order valence-corrected chi connectivity index (χ0v) is 15.9. The molecule has 134 valence electrons. The van der Waals surface area contributed by atoms with E-state index in [1.165, 1.54) is 57.8 Å². The highest BCUT2D eigenvalue weighted by Crippen LogP contribution is 2.66. The number of hydrogen-bond acceptors (Lipinski definition) is 1. The van der Waals surface area contributed by atoms with Crippen molar-refractivity contribution in [1.29, 1.82) is 0 Å². The van der Waals surface area contributed by atoms with E-state index in [9.17, 15) is 4.79 Å². The van der Waals surface area contributed by atoms with Crippen LogP contribution in [0.5, 0.6) is 0 Å². The molecule has 0 heterocycles. The molecular weight excluding hydrogens is 294 g/mol. The lowest BCUT2D eigenvalue weighted by molar-refractivity contribution is -0.154. The molecule has 24 heavy (non-hydrogen) atoms. The summed E-state index contributed by atoms with van der Waals surface area (Å²) in [6.45, 7) is 10.7. The minimum atomic E-state index is 0.0760. The van der Waals surface area contributed by atoms with Crippen molar-refractivity contribution in [1.82, 2.24) is 5.32 Å². The smallest absolute Gasteiger partial charge is 0.246 e. The molecule has 0 spiro atoms. The van der Waals surface area contributed by atoms with Crippen molar-refractivity contribution in [3.05, 3.63) is 12.2 Å². The van der Waals surface area contributed by atoms with E-state index in [2.05, 4.69) is 25.7 Å². The normalized spacial score (nSPS) is 49.9. The maximum absolute atomic E-state index is 12.7. The third-order valence-electron chi connectivity index (χ3n) is 8.26. The second-order valence-corrected chi connectivity index (χ2v) is 10.3. The van der Waals surface area contributed by atoms with Gasteiger partial charge in [-0.15, -0.1) is 0 Å². The van der Waals surface area contributed by atoms with Crippen molar-refractivity contribution < 1.29 is 4.79 Å². The summed E-state index contributed by atoms with van der Waals surface area (Å²) in [5.74, 6) is 4.00. The van der Waals surface area contributed by atoms with Gasteiger partial charge in [-0.05, 0) is 86.9 Å². The fraction of sp³-hybridized carbons (Fsp3) is 0.864. The Hall–Kier alpha value is -0.790. The monoisotopic (exact) mass is 329 g/mol. The fourth-order valence-electron chi connectivity index (χ4n) is 7.45. The second-order valence-electron chi connectivity index (χ2n) is 10.3. The molecule has 0 saturated heterocycles. The highest BCUT2D eigenvalue weighted by molar-refractivity contribution is 5.92. The summed E-state index contributed by atoms with van der Waals surface area (Å²) in [4.78, 5) is 12.7. The number of rotatable bonds is 3. The molecule has 2 unspecified atom stereocenters. The fourth-order valence-corrected chi connectivity index (χ4v) is 7.45. The molecule has 5 aliphatic carbocycles. The third-order valence-corrected chi connectivity index (χ3v) is 8.26. The summed E-state index contributed by atoms with van der Waals surface area (Å²) < 4.78 is 0. The van der Waals surface area contributed by atoms with Gasteiger partial charge in [0.25, 0.3) is 0 Å². The summed E-state index contributed by atoms with van der Waals surface area (Å²) in [5, 5.41) is 3.64. The van der Waals surface area contributed by atoms with E-state index in [0.717, 1.165) is 11.8 Å². The van der Waals surface area contributed by atoms with E-state index >= 15 is 0 Å². The van der Waals surface area contributed by atoms with Crippen LogP contribution in [0, 0.1) is 35.0 Å². The Labute approximate surface area is 147 Å². The number of amides is 1. The molecule has 0 aromatic carbocycles. The van der Waals surface area contributed by atoms with Crippen LogP contribution in [0.1, 0.15) is 78.6 Å². The zero-order valence-electron chi connectivity index (χ0n) is 15.9. The van der Waals surface area contributed by atoms with Crippen molar-refractivity contribution in [3.8, 4) is 0 Å². The molecule has 0 radical (unpaired) electrons. The quantitative estimate of drug-likeness (QED) is 0.718. The van der Waals surface area contributed by atoms with E-state index in [-0.39, 0.29) is 11.4 Å². The van der Waals surface area contributed by atoms with Gasteiger partial charge in [-0.3, -0.25) is 4.79 Å². The number of nitrogens with one attached hydrogen (secondary N) is 1. The molecule has 1 amide bonds. The maximum atomic E-state index is 12.7. The van der Waals surface area contributed by atoms with Crippen LogP contribution >= 0.6 is 0 Å². The van der Waals surface area contributed by atoms with Crippen LogP contribution < -0.4 is 5.32 Å². The van der Waals surface area contributed by atoms with Crippen LogP contribution in [-0.2, 0) is 4.79 Å². The summed E-state index contributed by atoms with van der Waals surface area (Å²) in [6, 6.07) is 0. The molecule has 0 aromatic rings. The van der Waals surface area contributed by atoms with Crippen molar-refractivity contribution >= 4 is 5.91 Å².